The molecule has 0 aliphatic heterocycles. The number of amides is 1. The van der Waals surface area contributed by atoms with Crippen molar-refractivity contribution >= 4 is 28.6 Å². The highest BCUT2D eigenvalue weighted by molar-refractivity contribution is 6.04. The van der Waals surface area contributed by atoms with Gasteiger partial charge in [0.15, 0.2) is 0 Å². The van der Waals surface area contributed by atoms with Gasteiger partial charge in [-0.1, -0.05) is 32.0 Å². The summed E-state index contributed by atoms with van der Waals surface area (Å²) in [7, 11) is 1.59. The summed E-state index contributed by atoms with van der Waals surface area (Å²) < 4.78 is 14.6. The largest absolute Gasteiger partial charge is 0.497 e. The topological polar surface area (TPSA) is 164 Å². The molecule has 3 unspecified atom stereocenters. The van der Waals surface area contributed by atoms with Gasteiger partial charge < -0.3 is 25.6 Å². The van der Waals surface area contributed by atoms with Crippen molar-refractivity contribution in [3.8, 4) is 22.9 Å². The summed E-state index contributed by atoms with van der Waals surface area (Å²) in [5.74, 6) is -0.0485. The molecule has 0 radical (unpaired) electrons. The number of ether oxygens (including phenoxy) is 2. The second-order valence-corrected chi connectivity index (χ2v) is 11.3. The Labute approximate surface area is 265 Å². The second kappa shape index (κ2) is 13.7. The highest BCUT2D eigenvalue weighted by Crippen LogP contribution is 2.31. The summed E-state index contributed by atoms with van der Waals surface area (Å²) in [5.41, 5.74) is 7.11. The summed E-state index contributed by atoms with van der Waals surface area (Å²) in [6.45, 7) is 5.83. The van der Waals surface area contributed by atoms with E-state index < -0.39 is 23.5 Å². The van der Waals surface area contributed by atoms with Gasteiger partial charge in [0.25, 0.3) is 11.5 Å². The van der Waals surface area contributed by atoms with Crippen molar-refractivity contribution in [1.82, 2.24) is 19.3 Å². The third-order valence-corrected chi connectivity index (χ3v) is 7.90. The van der Waals surface area contributed by atoms with Crippen molar-refractivity contribution in [2.24, 2.45) is 17.6 Å². The number of pyridine rings is 2. The van der Waals surface area contributed by atoms with Gasteiger partial charge in [0.2, 0.25) is 0 Å². The van der Waals surface area contributed by atoms with Crippen molar-refractivity contribution in [1.29, 1.82) is 0 Å². The van der Waals surface area contributed by atoms with Gasteiger partial charge in [-0.3, -0.25) is 24.0 Å². The number of hydrogen-bond acceptors (Lipinski definition) is 8. The van der Waals surface area contributed by atoms with Gasteiger partial charge in [0.05, 0.1) is 30.2 Å². The Balaban J connectivity index is 1.37. The average molecular weight is 625 g/mol. The van der Waals surface area contributed by atoms with Crippen LogP contribution in [0.15, 0.2) is 83.9 Å². The Bertz CT molecular complexity index is 1920. The number of methoxy groups -OCH3 is 1. The number of fused-ring (bicyclic) bond motifs is 1. The predicted octanol–water partition coefficient (Wildman–Crippen LogP) is 5.02. The van der Waals surface area contributed by atoms with E-state index in [1.54, 1.807) is 62.2 Å². The Morgan fingerprint density at radius 3 is 2.43 bits per heavy atom. The van der Waals surface area contributed by atoms with Crippen molar-refractivity contribution in [3.63, 3.8) is 0 Å². The fourth-order valence-corrected chi connectivity index (χ4v) is 5.49. The molecule has 46 heavy (non-hydrogen) atoms. The number of nitrogens with zero attached hydrogens (tertiary/aromatic N) is 4. The van der Waals surface area contributed by atoms with Gasteiger partial charge in [0.1, 0.15) is 34.7 Å². The standard InChI is InChI=1S/C34H36N6O6/c1-20(16-21(2)31(35)34(43)44)19-39-22(3)30(33(42)40(39)23-8-6-5-7-9-23)32(41)38-29-13-11-25(18-37-29)46-28-14-15-36-27-17-24(45-4)10-12-26(27)28/h5-15,17-18,20-21,31H,16,19,35H2,1-4H3,(H,43,44)(H,37,38,41). The normalized spacial score (nSPS) is 13.2. The third-order valence-electron chi connectivity index (χ3n) is 7.90. The minimum atomic E-state index is -1.06. The van der Waals surface area contributed by atoms with E-state index in [9.17, 15) is 19.5 Å². The van der Waals surface area contributed by atoms with Crippen LogP contribution in [0.25, 0.3) is 16.6 Å². The molecule has 0 bridgehead atoms. The number of aromatic nitrogens is 4. The predicted molar refractivity (Wildman–Crippen MR) is 174 cm³/mol. The zero-order chi connectivity index (χ0) is 33.0. The van der Waals surface area contributed by atoms with E-state index in [1.807, 2.05) is 43.3 Å². The molecule has 3 aromatic heterocycles. The number of anilines is 1. The number of benzene rings is 2. The highest BCUT2D eigenvalue weighted by atomic mass is 16.5. The van der Waals surface area contributed by atoms with Crippen LogP contribution in [0, 0.1) is 18.8 Å². The summed E-state index contributed by atoms with van der Waals surface area (Å²) in [4.78, 5) is 47.4. The maximum Gasteiger partial charge on any atom is 0.320 e. The van der Waals surface area contributed by atoms with Gasteiger partial charge in [-0.15, -0.1) is 0 Å². The van der Waals surface area contributed by atoms with Gasteiger partial charge >= 0.3 is 5.97 Å². The van der Waals surface area contributed by atoms with Gasteiger partial charge in [0, 0.05) is 24.2 Å². The van der Waals surface area contributed by atoms with Crippen LogP contribution in [0.1, 0.15) is 36.3 Å². The summed E-state index contributed by atoms with van der Waals surface area (Å²) in [6.07, 6.45) is 3.63. The van der Waals surface area contributed by atoms with Crippen LogP contribution in [0.3, 0.4) is 0 Å². The number of carbonyl (C=O) groups excluding carboxylic acids is 1. The van der Waals surface area contributed by atoms with Crippen molar-refractivity contribution < 1.29 is 24.2 Å². The average Bonchev–Trinajstić information content (AvgIpc) is 3.29. The Morgan fingerprint density at radius 1 is 1.02 bits per heavy atom. The molecule has 2 aromatic carbocycles. The van der Waals surface area contributed by atoms with Gasteiger partial charge in [-0.05, 0) is 67.6 Å². The van der Waals surface area contributed by atoms with E-state index in [2.05, 4.69) is 15.3 Å². The molecule has 0 saturated carbocycles. The molecule has 3 atom stereocenters. The number of para-hydroxylation sites is 1. The molecule has 5 aromatic rings. The number of nitrogens with one attached hydrogen (secondary N) is 1. The molecule has 12 heteroatoms. The monoisotopic (exact) mass is 624 g/mol. The molecular weight excluding hydrogens is 588 g/mol. The summed E-state index contributed by atoms with van der Waals surface area (Å²) in [5, 5.41) is 12.8. The summed E-state index contributed by atoms with van der Waals surface area (Å²) >= 11 is 0. The van der Waals surface area contributed by atoms with Crippen molar-refractivity contribution in [2.75, 3.05) is 12.4 Å². The second-order valence-electron chi connectivity index (χ2n) is 11.3. The third kappa shape index (κ3) is 6.76. The molecule has 0 aliphatic carbocycles. The Morgan fingerprint density at radius 2 is 1.76 bits per heavy atom. The van der Waals surface area contributed by atoms with Gasteiger partial charge in [-0.2, -0.15) is 0 Å². The molecule has 1 amide bonds. The van der Waals surface area contributed by atoms with Gasteiger partial charge in [-0.25, -0.2) is 9.67 Å². The first-order valence-electron chi connectivity index (χ1n) is 14.8. The number of carbonyl (C=O) groups is 2. The number of carboxylic acids is 1. The zero-order valence-corrected chi connectivity index (χ0v) is 26.0. The molecule has 12 nitrogen and oxygen atoms in total. The molecular formula is C34H36N6O6. The van der Waals surface area contributed by atoms with E-state index in [0.29, 0.717) is 47.1 Å². The van der Waals surface area contributed by atoms with Crippen molar-refractivity contribution in [2.45, 2.75) is 39.8 Å². The lowest BCUT2D eigenvalue weighted by molar-refractivity contribution is -0.139. The van der Waals surface area contributed by atoms with E-state index in [4.69, 9.17) is 15.2 Å². The molecule has 0 aliphatic rings. The number of aliphatic carboxylic acids is 1. The molecule has 3 heterocycles. The number of rotatable bonds is 12. The molecule has 0 fully saturated rings. The van der Waals surface area contributed by atoms with Crippen LogP contribution < -0.4 is 26.1 Å². The van der Waals surface area contributed by atoms with Crippen LogP contribution in [-0.4, -0.2) is 49.5 Å². The minimum absolute atomic E-state index is 0.0212. The first-order valence-corrected chi connectivity index (χ1v) is 14.8. The van der Waals surface area contributed by atoms with E-state index in [-0.39, 0.29) is 23.2 Å². The smallest absolute Gasteiger partial charge is 0.320 e. The lowest BCUT2D eigenvalue weighted by Crippen LogP contribution is -2.37. The number of carboxylic acid groups (broad SMARTS) is 1. The maximum atomic E-state index is 13.8. The molecule has 0 spiro atoms. The lowest BCUT2D eigenvalue weighted by Gasteiger charge is -2.22. The quantitative estimate of drug-likeness (QED) is 0.173. The maximum absolute atomic E-state index is 13.8. The Hall–Kier alpha value is -5.49. The fraction of sp³-hybridized carbons (Fsp3) is 0.265. The first-order chi connectivity index (χ1) is 22.1. The lowest BCUT2D eigenvalue weighted by atomic mass is 9.91. The number of hydrogen-bond donors (Lipinski definition) is 3. The van der Waals surface area contributed by atoms with Crippen LogP contribution in [0.5, 0.6) is 17.2 Å². The minimum Gasteiger partial charge on any atom is -0.497 e. The zero-order valence-electron chi connectivity index (χ0n) is 26.0. The van der Waals surface area contributed by atoms with E-state index >= 15 is 0 Å². The van der Waals surface area contributed by atoms with Crippen LogP contribution in [-0.2, 0) is 11.3 Å². The fourth-order valence-electron chi connectivity index (χ4n) is 5.49. The SMILES string of the molecule is COc1ccc2c(Oc3ccc(NC(=O)c4c(C)n(CC(C)CC(C)C(N)C(=O)O)n(-c5ccccc5)c4=O)nc3)ccnc2c1. The molecule has 4 N–H and O–H groups in total. The van der Waals surface area contributed by atoms with E-state index in [1.165, 1.54) is 10.9 Å². The Kier molecular flexibility index (Phi) is 9.47. The molecule has 0 saturated heterocycles. The molecule has 238 valence electrons. The number of nitrogens with two attached hydrogens (primary N) is 1. The first kappa shape index (κ1) is 31.9. The van der Waals surface area contributed by atoms with Crippen LogP contribution in [0.4, 0.5) is 5.82 Å². The van der Waals surface area contributed by atoms with Crippen LogP contribution in [0.2, 0.25) is 0 Å². The van der Waals surface area contributed by atoms with Crippen LogP contribution >= 0.6 is 0 Å². The van der Waals surface area contributed by atoms with E-state index in [0.717, 1.165) is 5.39 Å². The molecule has 5 rings (SSSR count). The summed E-state index contributed by atoms with van der Waals surface area (Å²) in [6, 6.07) is 18.6. The highest BCUT2D eigenvalue weighted by Gasteiger charge is 2.27. The van der Waals surface area contributed by atoms with Crippen molar-refractivity contribution in [3.05, 3.63) is 101 Å².